The molecule has 0 saturated carbocycles. The van der Waals surface area contributed by atoms with E-state index in [1.54, 1.807) is 0 Å². The monoisotopic (exact) mass is 396 g/mol. The first-order valence-electron chi connectivity index (χ1n) is 9.89. The molecule has 150 valence electrons. The molecule has 7 heteroatoms. The van der Waals surface area contributed by atoms with Crippen LogP contribution >= 0.6 is 8.17 Å². The molecule has 0 atom stereocenters. The Morgan fingerprint density at radius 3 is 1.40 bits per heavy atom. The van der Waals surface area contributed by atoms with Gasteiger partial charge in [0, 0.05) is 0 Å². The third-order valence-corrected chi connectivity index (χ3v) is 7.22. The second kappa shape index (κ2) is 17.4. The van der Waals surface area contributed by atoms with Gasteiger partial charge in [-0.15, -0.1) is 9.05 Å². The van der Waals surface area contributed by atoms with Gasteiger partial charge in [0.25, 0.3) is 10.0 Å². The molecule has 0 aliphatic rings. The number of sulfonamides is 1. The van der Waals surface area contributed by atoms with Gasteiger partial charge in [0.1, 0.15) is 0 Å². The van der Waals surface area contributed by atoms with E-state index < -0.39 is 18.2 Å². The van der Waals surface area contributed by atoms with Gasteiger partial charge in [-0.05, 0) is 6.42 Å². The largest absolute Gasteiger partial charge is 0.576 e. The summed E-state index contributed by atoms with van der Waals surface area (Å²) in [5.41, 5.74) is 0. The number of hydrogen-bond donors (Lipinski definition) is 0. The number of hydrogen-bond acceptors (Lipinski definition) is 4. The summed E-state index contributed by atoms with van der Waals surface area (Å²) in [5.74, 6) is 0.0938. The van der Waals surface area contributed by atoms with Gasteiger partial charge in [0.2, 0.25) is 0 Å². The van der Waals surface area contributed by atoms with Crippen LogP contribution < -0.4 is 0 Å². The quantitative estimate of drug-likeness (QED) is 0.194. The number of unbranched alkanes of at least 4 members (excludes halogenated alkanes) is 13. The van der Waals surface area contributed by atoms with Gasteiger partial charge in [-0.1, -0.05) is 90.4 Å². The van der Waals surface area contributed by atoms with Crippen molar-refractivity contribution in [1.82, 2.24) is 0 Å². The fourth-order valence-electron chi connectivity index (χ4n) is 2.76. The van der Waals surface area contributed by atoms with E-state index in [2.05, 4.69) is 11.1 Å². The van der Waals surface area contributed by atoms with E-state index in [-0.39, 0.29) is 5.75 Å². The van der Waals surface area contributed by atoms with Crippen molar-refractivity contribution < 1.29 is 17.5 Å². The Bertz CT molecular complexity index is 421. The predicted molar refractivity (Wildman–Crippen MR) is 107 cm³/mol. The minimum Gasteiger partial charge on any atom is -0.201 e. The van der Waals surface area contributed by atoms with Gasteiger partial charge in [-0.2, -0.15) is 0 Å². The molecular weight excluding hydrogens is 357 g/mol. The van der Waals surface area contributed by atoms with Gasteiger partial charge in [-0.25, -0.2) is 8.42 Å². The Balaban J connectivity index is 3.43. The molecule has 0 N–H and O–H groups in total. The number of nitrogens with zero attached hydrogens (tertiary/aromatic N) is 1. The summed E-state index contributed by atoms with van der Waals surface area (Å²) in [6, 6.07) is 0. The second-order valence-electron chi connectivity index (χ2n) is 6.57. The fourth-order valence-corrected chi connectivity index (χ4v) is 5.15. The molecular formula is C18H39NO4PS+. The first-order chi connectivity index (χ1) is 12.1. The van der Waals surface area contributed by atoms with E-state index in [1.807, 2.05) is 0 Å². The molecule has 0 fully saturated rings. The lowest BCUT2D eigenvalue weighted by molar-refractivity contribution is 0.352. The third-order valence-electron chi connectivity index (χ3n) is 4.26. The van der Waals surface area contributed by atoms with E-state index in [4.69, 9.17) is 9.05 Å². The van der Waals surface area contributed by atoms with Crippen LogP contribution in [0.4, 0.5) is 0 Å². The second-order valence-corrected chi connectivity index (χ2v) is 10.00. The molecule has 25 heavy (non-hydrogen) atoms. The smallest absolute Gasteiger partial charge is 0.201 e. The van der Waals surface area contributed by atoms with Crippen LogP contribution in [0, 0.1) is 0 Å². The van der Waals surface area contributed by atoms with Gasteiger partial charge in [-0.3, -0.25) is 0 Å². The molecule has 0 aliphatic heterocycles. The van der Waals surface area contributed by atoms with Crippen molar-refractivity contribution >= 4 is 18.2 Å². The normalized spacial score (nSPS) is 11.6. The SMILES string of the molecule is CCCCCCCCCCCCCCCCS(=O)(=O)N=[P+](OC)OC. The first kappa shape index (κ1) is 25.0. The molecule has 0 bridgehead atoms. The molecule has 0 aromatic heterocycles. The minimum atomic E-state index is -3.42. The molecule has 0 spiro atoms. The van der Waals surface area contributed by atoms with E-state index >= 15 is 0 Å². The van der Waals surface area contributed by atoms with E-state index in [0.717, 1.165) is 12.8 Å². The van der Waals surface area contributed by atoms with E-state index in [1.165, 1.54) is 84.8 Å². The fraction of sp³-hybridized carbons (Fsp3) is 1.00. The van der Waals surface area contributed by atoms with Crippen molar-refractivity contribution in [1.29, 1.82) is 0 Å². The highest BCUT2D eigenvalue weighted by molar-refractivity contribution is 7.92. The summed E-state index contributed by atoms with van der Waals surface area (Å²) in [7, 11) is -2.26. The van der Waals surface area contributed by atoms with Crippen LogP contribution in [0.5, 0.6) is 0 Å². The highest BCUT2D eigenvalue weighted by Gasteiger charge is 2.21. The highest BCUT2D eigenvalue weighted by Crippen LogP contribution is 2.28. The van der Waals surface area contributed by atoms with Gasteiger partial charge < -0.3 is 0 Å². The molecule has 5 nitrogen and oxygen atoms in total. The van der Waals surface area contributed by atoms with Gasteiger partial charge >= 0.3 is 8.17 Å². The van der Waals surface area contributed by atoms with E-state index in [9.17, 15) is 8.42 Å². The maximum Gasteiger partial charge on any atom is 0.576 e. The Morgan fingerprint density at radius 2 is 1.04 bits per heavy atom. The summed E-state index contributed by atoms with van der Waals surface area (Å²) in [4.78, 5) is 0. The topological polar surface area (TPSA) is 65.0 Å². The molecule has 0 aromatic carbocycles. The van der Waals surface area contributed by atoms with Crippen LogP contribution in [0.25, 0.3) is 0 Å². The maximum absolute atomic E-state index is 11.8. The van der Waals surface area contributed by atoms with Crippen LogP contribution in [0.15, 0.2) is 4.15 Å². The molecule has 0 amide bonds. The molecule has 0 heterocycles. The Kier molecular flexibility index (Phi) is 17.4. The summed E-state index contributed by atoms with van der Waals surface area (Å²) < 4.78 is 36.9. The zero-order valence-electron chi connectivity index (χ0n) is 16.5. The van der Waals surface area contributed by atoms with Crippen molar-refractivity contribution in [3.63, 3.8) is 0 Å². The van der Waals surface area contributed by atoms with E-state index in [0.29, 0.717) is 6.42 Å². The lowest BCUT2D eigenvalue weighted by Crippen LogP contribution is -2.01. The van der Waals surface area contributed by atoms with Crippen molar-refractivity contribution in [3.05, 3.63) is 0 Å². The van der Waals surface area contributed by atoms with Crippen molar-refractivity contribution in [3.8, 4) is 0 Å². The first-order valence-corrected chi connectivity index (χ1v) is 12.6. The zero-order valence-corrected chi connectivity index (χ0v) is 18.3. The van der Waals surface area contributed by atoms with Crippen molar-refractivity contribution in [2.75, 3.05) is 20.0 Å². The van der Waals surface area contributed by atoms with Crippen molar-refractivity contribution in [2.24, 2.45) is 4.15 Å². The van der Waals surface area contributed by atoms with Gasteiger partial charge in [0.15, 0.2) is 0 Å². The summed E-state index contributed by atoms with van der Waals surface area (Å²) in [6.07, 6.45) is 17.5. The number of rotatable bonds is 18. The minimum absolute atomic E-state index is 0.0938. The van der Waals surface area contributed by atoms with Gasteiger partial charge in [0.05, 0.1) is 24.1 Å². The average molecular weight is 397 g/mol. The molecule has 0 rings (SSSR count). The standard InChI is InChI=1S/C18H39NO4PS/c1-4-5-6-7-8-9-10-11-12-13-14-15-16-17-18-25(20,21)19-24(22-2)23-3/h4-18H2,1-3H3/q+1. The van der Waals surface area contributed by atoms with Crippen LogP contribution in [0.2, 0.25) is 0 Å². The lowest BCUT2D eigenvalue weighted by atomic mass is 10.0. The summed E-state index contributed by atoms with van der Waals surface area (Å²) in [5, 5.41) is 0. The van der Waals surface area contributed by atoms with Crippen LogP contribution in [0.3, 0.4) is 0 Å². The Morgan fingerprint density at radius 1 is 0.680 bits per heavy atom. The van der Waals surface area contributed by atoms with Crippen molar-refractivity contribution in [2.45, 2.75) is 96.8 Å². The maximum atomic E-state index is 11.8. The lowest BCUT2D eigenvalue weighted by Gasteiger charge is -2.03. The molecule has 0 radical (unpaired) electrons. The van der Waals surface area contributed by atoms with Crippen LogP contribution in [-0.2, 0) is 19.1 Å². The molecule has 0 saturated heterocycles. The molecule has 0 aromatic rings. The van der Waals surface area contributed by atoms with Crippen LogP contribution in [-0.4, -0.2) is 28.4 Å². The zero-order chi connectivity index (χ0) is 18.8. The van der Waals surface area contributed by atoms with Crippen LogP contribution in [0.1, 0.15) is 96.8 Å². The molecule has 0 unspecified atom stereocenters. The third kappa shape index (κ3) is 17.2. The summed E-state index contributed by atoms with van der Waals surface area (Å²) >= 11 is 0. The summed E-state index contributed by atoms with van der Waals surface area (Å²) in [6.45, 7) is 2.26. The Hall–Kier alpha value is -0.0300. The Labute approximate surface area is 157 Å². The predicted octanol–water partition coefficient (Wildman–Crippen LogP) is 6.59. The average Bonchev–Trinajstić information content (AvgIpc) is 2.60. The highest BCUT2D eigenvalue weighted by atomic mass is 32.2. The molecule has 0 aliphatic carbocycles.